The van der Waals surface area contributed by atoms with E-state index in [0.29, 0.717) is 5.54 Å². The second-order valence-electron chi connectivity index (χ2n) is 3.50. The number of rotatable bonds is 2. The molecule has 1 rings (SSSR count). The Labute approximate surface area is 76.9 Å². The van der Waals surface area contributed by atoms with Crippen molar-refractivity contribution in [2.75, 3.05) is 6.61 Å². The molecule has 0 aliphatic carbocycles. The summed E-state index contributed by atoms with van der Waals surface area (Å²) in [6.07, 6.45) is 0. The molecule has 0 saturated heterocycles. The molecular formula is C10H16OSi. The van der Waals surface area contributed by atoms with Crippen LogP contribution in [-0.4, -0.2) is 22.0 Å². The molecule has 1 unspecified atom stereocenters. The van der Waals surface area contributed by atoms with Gasteiger partial charge in [-0.1, -0.05) is 29.3 Å². The van der Waals surface area contributed by atoms with Crippen molar-refractivity contribution in [3.8, 4) is 0 Å². The first-order valence-electron chi connectivity index (χ1n) is 4.32. The normalized spacial score (nSPS) is 13.2. The minimum absolute atomic E-state index is 0.287. The van der Waals surface area contributed by atoms with Gasteiger partial charge in [0.05, 0.1) is 0 Å². The zero-order chi connectivity index (χ0) is 9.14. The molecule has 0 aromatic heterocycles. The van der Waals surface area contributed by atoms with E-state index in [1.807, 2.05) is 0 Å². The van der Waals surface area contributed by atoms with Crippen LogP contribution in [0.1, 0.15) is 22.2 Å². The number of benzene rings is 1. The average Bonchev–Trinajstić information content (AvgIpc) is 2.01. The lowest BCUT2D eigenvalue weighted by atomic mass is 10.1. The molecule has 1 nitrogen and oxygen atoms in total. The Morgan fingerprint density at radius 3 is 2.17 bits per heavy atom. The Hall–Kier alpha value is -0.603. The van der Waals surface area contributed by atoms with E-state index in [9.17, 15) is 0 Å². The summed E-state index contributed by atoms with van der Waals surface area (Å²) >= 11 is 0. The number of hydrogen-bond acceptors (Lipinski definition) is 1. The van der Waals surface area contributed by atoms with Crippen LogP contribution in [0.5, 0.6) is 0 Å². The standard InChI is InChI=1S/C10H16OSi/c1-7-3-8(2)5-9(4-7)10(12)6-11/h3-5,10-11H,6H2,1-2,12H3. The van der Waals surface area contributed by atoms with Gasteiger partial charge in [-0.2, -0.15) is 0 Å². The molecule has 0 fully saturated rings. The van der Waals surface area contributed by atoms with E-state index < -0.39 is 0 Å². The van der Waals surface area contributed by atoms with Crippen LogP contribution in [0, 0.1) is 13.8 Å². The summed E-state index contributed by atoms with van der Waals surface area (Å²) in [5, 5.41) is 9.00. The summed E-state index contributed by atoms with van der Waals surface area (Å²) in [6, 6.07) is 6.50. The zero-order valence-corrected chi connectivity index (χ0v) is 9.96. The van der Waals surface area contributed by atoms with Crippen molar-refractivity contribution in [2.45, 2.75) is 19.4 Å². The smallest absolute Gasteiger partial charge is 0.0466 e. The van der Waals surface area contributed by atoms with Gasteiger partial charge < -0.3 is 5.11 Å². The van der Waals surface area contributed by atoms with Gasteiger partial charge in [0, 0.05) is 16.8 Å². The van der Waals surface area contributed by atoms with Crippen molar-refractivity contribution >= 4 is 10.2 Å². The van der Waals surface area contributed by atoms with Gasteiger partial charge in [0.1, 0.15) is 0 Å². The number of aliphatic hydroxyl groups is 1. The van der Waals surface area contributed by atoms with E-state index in [4.69, 9.17) is 5.11 Å². The minimum Gasteiger partial charge on any atom is -0.396 e. The van der Waals surface area contributed by atoms with Gasteiger partial charge in [-0.3, -0.25) is 0 Å². The van der Waals surface area contributed by atoms with Crippen molar-refractivity contribution < 1.29 is 5.11 Å². The summed E-state index contributed by atoms with van der Waals surface area (Å²) in [5.41, 5.74) is 4.27. The molecule has 12 heavy (non-hydrogen) atoms. The number of hydrogen-bond donors (Lipinski definition) is 1. The third-order valence-corrected chi connectivity index (χ3v) is 3.12. The van der Waals surface area contributed by atoms with Gasteiger partial charge in [0.25, 0.3) is 0 Å². The lowest BCUT2D eigenvalue weighted by Crippen LogP contribution is -2.03. The summed E-state index contributed by atoms with van der Waals surface area (Å²) < 4.78 is 0. The highest BCUT2D eigenvalue weighted by Gasteiger charge is 2.03. The van der Waals surface area contributed by atoms with Crippen molar-refractivity contribution in [1.29, 1.82) is 0 Å². The van der Waals surface area contributed by atoms with Gasteiger partial charge in [-0.25, -0.2) is 0 Å². The molecule has 0 aliphatic rings. The van der Waals surface area contributed by atoms with Gasteiger partial charge >= 0.3 is 0 Å². The molecule has 1 N–H and O–H groups in total. The number of aliphatic hydroxyl groups excluding tert-OH is 1. The fraction of sp³-hybridized carbons (Fsp3) is 0.400. The Balaban J connectivity index is 3.00. The molecular weight excluding hydrogens is 164 g/mol. The van der Waals surface area contributed by atoms with E-state index in [2.05, 4.69) is 32.0 Å². The van der Waals surface area contributed by atoms with E-state index in [0.717, 1.165) is 10.2 Å². The topological polar surface area (TPSA) is 20.2 Å². The van der Waals surface area contributed by atoms with Crippen LogP contribution >= 0.6 is 0 Å². The average molecular weight is 180 g/mol. The third kappa shape index (κ3) is 2.19. The van der Waals surface area contributed by atoms with Crippen LogP contribution in [0.25, 0.3) is 0 Å². The Kier molecular flexibility index (Phi) is 3.06. The highest BCUT2D eigenvalue weighted by Crippen LogP contribution is 2.15. The molecule has 1 atom stereocenters. The Morgan fingerprint density at radius 2 is 1.75 bits per heavy atom. The first-order chi connectivity index (χ1) is 5.63. The highest BCUT2D eigenvalue weighted by atomic mass is 28.1. The first-order valence-corrected chi connectivity index (χ1v) is 5.48. The van der Waals surface area contributed by atoms with Crippen LogP contribution < -0.4 is 0 Å². The molecule has 66 valence electrons. The van der Waals surface area contributed by atoms with E-state index in [1.165, 1.54) is 16.7 Å². The SMILES string of the molecule is Cc1cc(C)cc(C([SiH3])CO)c1. The molecule has 0 spiro atoms. The van der Waals surface area contributed by atoms with Gasteiger partial charge in [0.15, 0.2) is 0 Å². The lowest BCUT2D eigenvalue weighted by Gasteiger charge is -2.10. The molecule has 0 aliphatic heterocycles. The van der Waals surface area contributed by atoms with E-state index in [-0.39, 0.29) is 6.61 Å². The quantitative estimate of drug-likeness (QED) is 0.664. The number of aryl methyl sites for hydroxylation is 2. The van der Waals surface area contributed by atoms with Crippen molar-refractivity contribution in [1.82, 2.24) is 0 Å². The molecule has 0 amide bonds. The molecule has 2 heteroatoms. The predicted molar refractivity (Wildman–Crippen MR) is 55.7 cm³/mol. The van der Waals surface area contributed by atoms with Crippen molar-refractivity contribution in [3.63, 3.8) is 0 Å². The third-order valence-electron chi connectivity index (χ3n) is 2.09. The van der Waals surface area contributed by atoms with Crippen LogP contribution in [0.3, 0.4) is 0 Å². The van der Waals surface area contributed by atoms with Gasteiger partial charge in [0.2, 0.25) is 0 Å². The maximum Gasteiger partial charge on any atom is 0.0466 e. The van der Waals surface area contributed by atoms with Crippen LogP contribution in [0.15, 0.2) is 18.2 Å². The highest BCUT2D eigenvalue weighted by molar-refractivity contribution is 6.12. The fourth-order valence-electron chi connectivity index (χ4n) is 1.40. The second kappa shape index (κ2) is 3.87. The summed E-state index contributed by atoms with van der Waals surface area (Å²) in [6.45, 7) is 4.49. The minimum atomic E-state index is 0.287. The maximum atomic E-state index is 9.00. The second-order valence-corrected chi connectivity index (χ2v) is 4.90. The van der Waals surface area contributed by atoms with Crippen LogP contribution in [0.4, 0.5) is 0 Å². The molecule has 1 aromatic rings. The Morgan fingerprint density at radius 1 is 1.25 bits per heavy atom. The maximum absolute atomic E-state index is 9.00. The first kappa shape index (κ1) is 9.48. The van der Waals surface area contributed by atoms with Crippen LogP contribution in [0.2, 0.25) is 0 Å². The molecule has 0 saturated carbocycles. The summed E-state index contributed by atoms with van der Waals surface area (Å²) in [4.78, 5) is 0. The van der Waals surface area contributed by atoms with Crippen molar-refractivity contribution in [2.24, 2.45) is 0 Å². The molecule has 0 bridgehead atoms. The molecule has 0 radical (unpaired) electrons. The Bertz CT molecular complexity index is 250. The molecule has 0 heterocycles. The van der Waals surface area contributed by atoms with Crippen molar-refractivity contribution in [3.05, 3.63) is 34.9 Å². The van der Waals surface area contributed by atoms with E-state index in [1.54, 1.807) is 0 Å². The fourth-order valence-corrected chi connectivity index (χ4v) is 1.73. The summed E-state index contributed by atoms with van der Waals surface area (Å²) in [7, 11) is 1.02. The van der Waals surface area contributed by atoms with E-state index >= 15 is 0 Å². The lowest BCUT2D eigenvalue weighted by molar-refractivity contribution is 0.294. The van der Waals surface area contributed by atoms with Gasteiger partial charge in [-0.05, 0) is 25.0 Å². The van der Waals surface area contributed by atoms with Gasteiger partial charge in [-0.15, -0.1) is 0 Å². The molecule has 1 aromatic carbocycles. The summed E-state index contributed by atoms with van der Waals surface area (Å²) in [5.74, 6) is 0. The zero-order valence-electron chi connectivity index (χ0n) is 7.96. The largest absolute Gasteiger partial charge is 0.396 e. The van der Waals surface area contributed by atoms with Crippen LogP contribution in [-0.2, 0) is 0 Å². The monoisotopic (exact) mass is 180 g/mol. The predicted octanol–water partition coefficient (Wildman–Crippen LogP) is 0.702.